The summed E-state index contributed by atoms with van der Waals surface area (Å²) < 4.78 is 139. The highest BCUT2D eigenvalue weighted by atomic mass is 79.9. The first-order valence-electron chi connectivity index (χ1n) is 11.2. The number of rotatable bonds is 6. The Hall–Kier alpha value is -1.99. The molecule has 4 rings (SSSR count). The molecule has 0 saturated heterocycles. The summed E-state index contributed by atoms with van der Waals surface area (Å²) >= 11 is 5.37. The molecule has 213 valence electrons. The van der Waals surface area contributed by atoms with E-state index in [1.165, 1.54) is 55.0 Å². The Morgan fingerprint density at radius 3 is 1.62 bits per heavy atom. The van der Waals surface area contributed by atoms with Gasteiger partial charge in [-0.15, -0.1) is 0 Å². The largest absolute Gasteiger partial charge is 0.460 e. The molecule has 0 heterocycles. The van der Waals surface area contributed by atoms with Crippen LogP contribution in [0.25, 0.3) is 0 Å². The first kappa shape index (κ1) is 31.0. The molecule has 3 atom stereocenters. The van der Waals surface area contributed by atoms with E-state index in [1.54, 1.807) is 0 Å². The van der Waals surface area contributed by atoms with Gasteiger partial charge in [-0.3, -0.25) is 0 Å². The second-order valence-corrected chi connectivity index (χ2v) is 12.6. The quantitative estimate of drug-likeness (QED) is 0.180. The summed E-state index contributed by atoms with van der Waals surface area (Å²) in [5.41, 5.74) is -0.988. The number of allylic oxidation sites excluding steroid dienone is 2. The minimum atomic E-state index is -6.65. The van der Waals surface area contributed by atoms with E-state index in [0.29, 0.717) is 0 Å². The number of hydrogen-bond donors (Lipinski definition) is 0. The zero-order chi connectivity index (χ0) is 29.7. The summed E-state index contributed by atoms with van der Waals surface area (Å²) in [4.78, 5) is -0.915. The van der Waals surface area contributed by atoms with Gasteiger partial charge in [0.2, 0.25) is 0 Å². The van der Waals surface area contributed by atoms with Gasteiger partial charge in [0.1, 0.15) is 17.5 Å². The zero-order valence-electron chi connectivity index (χ0n) is 19.6. The van der Waals surface area contributed by atoms with Gasteiger partial charge in [0, 0.05) is 23.5 Å². The zero-order valence-corrected chi connectivity index (χ0v) is 23.6. The number of benzene rings is 3. The van der Waals surface area contributed by atoms with Crippen LogP contribution in [-0.4, -0.2) is 17.4 Å². The van der Waals surface area contributed by atoms with Gasteiger partial charge in [0.25, 0.3) is 0 Å². The summed E-state index contributed by atoms with van der Waals surface area (Å²) in [6.45, 7) is 0. The Kier molecular flexibility index (Phi) is 8.27. The Morgan fingerprint density at radius 1 is 0.650 bits per heavy atom. The van der Waals surface area contributed by atoms with Crippen molar-refractivity contribution in [3.8, 4) is 0 Å². The molecular weight excluding hydrogens is 706 g/mol. The van der Waals surface area contributed by atoms with Crippen LogP contribution in [0.4, 0.5) is 43.9 Å². The van der Waals surface area contributed by atoms with E-state index >= 15 is 8.78 Å². The molecule has 0 aliphatic heterocycles. The molecule has 0 nitrogen and oxygen atoms in total. The highest BCUT2D eigenvalue weighted by Crippen LogP contribution is 2.66. The predicted molar refractivity (Wildman–Crippen MR) is 139 cm³/mol. The highest BCUT2D eigenvalue weighted by molar-refractivity contribution is 9.10. The minimum absolute atomic E-state index is 0.258. The lowest BCUT2D eigenvalue weighted by Crippen LogP contribution is -2.50. The summed E-state index contributed by atoms with van der Waals surface area (Å²) in [6, 6.07) is 14.2. The van der Waals surface area contributed by atoms with Crippen molar-refractivity contribution in [2.45, 2.75) is 31.9 Å². The molecule has 0 fully saturated rings. The minimum Gasteiger partial charge on any atom is -0.207 e. The highest BCUT2D eigenvalue weighted by Gasteiger charge is 2.74. The van der Waals surface area contributed by atoms with Crippen molar-refractivity contribution < 1.29 is 43.9 Å². The summed E-state index contributed by atoms with van der Waals surface area (Å²) in [5.74, 6) is -11.2. The van der Waals surface area contributed by atoms with Crippen LogP contribution in [0.15, 0.2) is 83.8 Å². The van der Waals surface area contributed by atoms with Crippen LogP contribution in [0, 0.1) is 23.9 Å². The lowest BCUT2D eigenvalue weighted by molar-refractivity contribution is -0.330. The van der Waals surface area contributed by atoms with E-state index in [4.69, 9.17) is 0 Å². The lowest BCUT2D eigenvalue weighted by atomic mass is 9.70. The van der Waals surface area contributed by atoms with Crippen molar-refractivity contribution in [1.82, 2.24) is 0 Å². The number of thioether (sulfide) groups is 1. The predicted octanol–water partition coefficient (Wildman–Crippen LogP) is 10.4. The summed E-state index contributed by atoms with van der Waals surface area (Å²) in [6.07, 6.45) is -4.64. The SMILES string of the molecule is Fc1ccccc1C1C(SC(F)(F)C(F)(F)C(F)(F)F)=CC(Br)(c2ccccc2F)[CH]C1(Br)c1ccccc1F. The monoisotopic (exact) mass is 719 g/mol. The first-order valence-corrected chi connectivity index (χ1v) is 13.6. The van der Waals surface area contributed by atoms with E-state index in [1.807, 2.05) is 0 Å². The molecular formula is C27H15Br2F10S. The van der Waals surface area contributed by atoms with Gasteiger partial charge in [-0.1, -0.05) is 92.5 Å². The van der Waals surface area contributed by atoms with Gasteiger partial charge in [-0.25, -0.2) is 13.2 Å². The fourth-order valence-corrected chi connectivity index (χ4v) is 8.35. The molecule has 0 N–H and O–H groups in total. The average molecular weight is 721 g/mol. The second-order valence-electron chi connectivity index (χ2n) is 8.83. The van der Waals surface area contributed by atoms with Gasteiger partial charge < -0.3 is 0 Å². The maximum atomic E-state index is 15.3. The Bertz CT molecular complexity index is 1440. The molecule has 40 heavy (non-hydrogen) atoms. The summed E-state index contributed by atoms with van der Waals surface area (Å²) in [5, 5.41) is -5.82. The van der Waals surface area contributed by atoms with Crippen molar-refractivity contribution in [3.05, 3.63) is 124 Å². The van der Waals surface area contributed by atoms with Crippen molar-refractivity contribution in [1.29, 1.82) is 0 Å². The molecule has 3 aromatic carbocycles. The molecule has 13 heteroatoms. The Morgan fingerprint density at radius 2 is 1.12 bits per heavy atom. The van der Waals surface area contributed by atoms with E-state index in [9.17, 15) is 35.1 Å². The number of halogens is 12. The fourth-order valence-electron chi connectivity index (χ4n) is 4.42. The normalized spacial score (nSPS) is 24.1. The molecule has 1 aliphatic carbocycles. The van der Waals surface area contributed by atoms with Gasteiger partial charge in [-0.05, 0) is 40.4 Å². The van der Waals surface area contributed by atoms with Crippen molar-refractivity contribution in [2.75, 3.05) is 0 Å². The second kappa shape index (κ2) is 10.7. The van der Waals surface area contributed by atoms with Crippen LogP contribution in [0.2, 0.25) is 0 Å². The van der Waals surface area contributed by atoms with Crippen LogP contribution in [0.1, 0.15) is 22.6 Å². The van der Waals surface area contributed by atoms with Gasteiger partial charge in [-0.2, -0.15) is 30.7 Å². The topological polar surface area (TPSA) is 0 Å². The van der Waals surface area contributed by atoms with Crippen LogP contribution in [-0.2, 0) is 8.65 Å². The lowest BCUT2D eigenvalue weighted by Gasteiger charge is -2.47. The van der Waals surface area contributed by atoms with Gasteiger partial charge in [0.05, 0.1) is 8.65 Å². The van der Waals surface area contributed by atoms with Crippen molar-refractivity contribution in [2.24, 2.45) is 0 Å². The fraction of sp³-hybridized carbons (Fsp3) is 0.222. The molecule has 0 aromatic heterocycles. The number of alkyl halides is 9. The van der Waals surface area contributed by atoms with E-state index in [-0.39, 0.29) is 11.1 Å². The van der Waals surface area contributed by atoms with E-state index in [0.717, 1.165) is 30.3 Å². The van der Waals surface area contributed by atoms with Crippen LogP contribution >= 0.6 is 43.6 Å². The molecule has 0 saturated carbocycles. The molecule has 1 radical (unpaired) electrons. The van der Waals surface area contributed by atoms with Crippen LogP contribution in [0.5, 0.6) is 0 Å². The van der Waals surface area contributed by atoms with E-state index < -0.39 is 71.6 Å². The third-order valence-corrected chi connectivity index (χ3v) is 9.34. The smallest absolute Gasteiger partial charge is 0.207 e. The summed E-state index contributed by atoms with van der Waals surface area (Å²) in [7, 11) is 0. The Labute approximate surface area is 243 Å². The first-order chi connectivity index (χ1) is 18.4. The molecule has 0 spiro atoms. The maximum absolute atomic E-state index is 15.3. The molecule has 3 unspecified atom stereocenters. The van der Waals surface area contributed by atoms with Crippen molar-refractivity contribution in [3.63, 3.8) is 0 Å². The van der Waals surface area contributed by atoms with Crippen molar-refractivity contribution >= 4 is 43.6 Å². The number of hydrogen-bond acceptors (Lipinski definition) is 1. The third kappa shape index (κ3) is 5.33. The van der Waals surface area contributed by atoms with E-state index in [2.05, 4.69) is 31.9 Å². The average Bonchev–Trinajstić information content (AvgIpc) is 2.84. The van der Waals surface area contributed by atoms with Crippen LogP contribution < -0.4 is 0 Å². The molecule has 1 aliphatic rings. The van der Waals surface area contributed by atoms with Gasteiger partial charge in [0.15, 0.2) is 0 Å². The van der Waals surface area contributed by atoms with Gasteiger partial charge >= 0.3 is 17.4 Å². The molecule has 0 bridgehead atoms. The third-order valence-electron chi connectivity index (χ3n) is 6.23. The Balaban J connectivity index is 2.07. The van der Waals surface area contributed by atoms with Crippen LogP contribution in [0.3, 0.4) is 0 Å². The molecule has 3 aromatic rings. The standard InChI is InChI=1S/C27H15Br2F10S/c28-23(16-8-2-5-11-19(16)31)13-21(40-27(38,39)25(33,34)26(35,36)37)22(15-7-1-4-10-18(15)30)24(29,14-23)17-9-3-6-12-20(17)32/h1-14,22H. The molecule has 0 amide bonds. The maximum Gasteiger partial charge on any atom is 0.460 e.